The van der Waals surface area contributed by atoms with Gasteiger partial charge in [0.05, 0.1) is 0 Å². The van der Waals surface area contributed by atoms with Gasteiger partial charge in [0.15, 0.2) is 0 Å². The van der Waals surface area contributed by atoms with Crippen LogP contribution >= 0.6 is 0 Å². The normalized spacial score (nSPS) is 14.4. The second-order valence-electron chi connectivity index (χ2n) is 15.3. The molecule has 0 aliphatic carbocycles. The zero-order valence-corrected chi connectivity index (χ0v) is 33.0. The van der Waals surface area contributed by atoms with Crippen LogP contribution in [0.3, 0.4) is 0 Å². The summed E-state index contributed by atoms with van der Waals surface area (Å²) in [6, 6.07) is 26.3. The van der Waals surface area contributed by atoms with Gasteiger partial charge in [0.1, 0.15) is 15.4 Å². The highest BCUT2D eigenvalue weighted by Gasteiger charge is 2.42. The lowest BCUT2D eigenvalue weighted by atomic mass is 9.77. The molecule has 0 spiro atoms. The molecular weight excluding hydrogens is 687 g/mol. The molecule has 51 heavy (non-hydrogen) atoms. The minimum absolute atomic E-state index is 0.0561. The standard InChI is InChI=1S/C22H29NO2.C18H24O6S2/c1-5-21(24)25-22(18(2)17-23(3)4,20-14-10-7-11-15-20)16-19-12-8-6-9-13-19;1-17(2,3)13-9-7-12-11(15(13)25(19,20)21)8-10-14(18(4,5)6)16(12)26(22,23)24/h6-15,18H,5,16-17H2,1-4H3;7-10H,1-6H3,(H,19,20,21)(H,22,23,24). The van der Waals surface area contributed by atoms with E-state index in [4.69, 9.17) is 4.74 Å². The van der Waals surface area contributed by atoms with Gasteiger partial charge in [-0.3, -0.25) is 13.9 Å². The monoisotopic (exact) mass is 739 g/mol. The number of ether oxygens (including phenoxy) is 1. The first kappa shape index (κ1) is 41.8. The van der Waals surface area contributed by atoms with E-state index in [1.54, 1.807) is 41.5 Å². The number of benzene rings is 4. The zero-order valence-electron chi connectivity index (χ0n) is 31.4. The van der Waals surface area contributed by atoms with E-state index in [2.05, 4.69) is 50.2 Å². The fourth-order valence-electron chi connectivity index (χ4n) is 6.43. The number of fused-ring (bicyclic) bond motifs is 1. The van der Waals surface area contributed by atoms with Crippen LogP contribution in [0.4, 0.5) is 0 Å². The molecule has 2 N–H and O–H groups in total. The molecule has 0 radical (unpaired) electrons. The second-order valence-corrected chi connectivity index (χ2v) is 18.1. The maximum atomic E-state index is 12.3. The Hall–Kier alpha value is -3.61. The van der Waals surface area contributed by atoms with Crippen molar-refractivity contribution in [3.8, 4) is 0 Å². The van der Waals surface area contributed by atoms with Crippen LogP contribution in [0, 0.1) is 5.92 Å². The predicted molar refractivity (Wildman–Crippen MR) is 203 cm³/mol. The topological polar surface area (TPSA) is 138 Å². The molecule has 0 saturated heterocycles. The van der Waals surface area contributed by atoms with Crippen molar-refractivity contribution in [2.75, 3.05) is 20.6 Å². The molecule has 4 aromatic carbocycles. The lowest BCUT2D eigenvalue weighted by Gasteiger charge is -2.40. The maximum Gasteiger partial charge on any atom is 0.306 e. The fraction of sp³-hybridized carbons (Fsp3) is 0.425. The number of nitrogens with zero attached hydrogens (tertiary/aromatic N) is 1. The smallest absolute Gasteiger partial charge is 0.306 e. The summed E-state index contributed by atoms with van der Waals surface area (Å²) in [7, 11) is -5.16. The summed E-state index contributed by atoms with van der Waals surface area (Å²) in [4.78, 5) is 13.8. The Morgan fingerprint density at radius 3 is 1.47 bits per heavy atom. The Bertz CT molecular complexity index is 1940. The molecule has 0 bridgehead atoms. The predicted octanol–water partition coefficient (Wildman–Crippen LogP) is 8.20. The van der Waals surface area contributed by atoms with Gasteiger partial charge in [-0.2, -0.15) is 16.8 Å². The average Bonchev–Trinajstić information content (AvgIpc) is 3.02. The average molecular weight is 740 g/mol. The first-order valence-electron chi connectivity index (χ1n) is 16.9. The van der Waals surface area contributed by atoms with Crippen LogP contribution in [0.5, 0.6) is 0 Å². The fourth-order valence-corrected chi connectivity index (χ4v) is 8.65. The van der Waals surface area contributed by atoms with E-state index < -0.39 is 36.7 Å². The Balaban J connectivity index is 0.000000276. The van der Waals surface area contributed by atoms with Crippen molar-refractivity contribution in [3.05, 3.63) is 107 Å². The molecule has 4 rings (SSSR count). The van der Waals surface area contributed by atoms with E-state index in [9.17, 15) is 30.7 Å². The van der Waals surface area contributed by atoms with Gasteiger partial charge in [-0.05, 0) is 47.2 Å². The van der Waals surface area contributed by atoms with Crippen molar-refractivity contribution in [1.82, 2.24) is 4.90 Å². The van der Waals surface area contributed by atoms with E-state index in [-0.39, 0.29) is 32.5 Å². The molecule has 0 saturated carbocycles. The van der Waals surface area contributed by atoms with Crippen molar-refractivity contribution < 1.29 is 35.5 Å². The van der Waals surface area contributed by atoms with E-state index in [0.717, 1.165) is 12.1 Å². The van der Waals surface area contributed by atoms with Crippen molar-refractivity contribution in [2.24, 2.45) is 5.92 Å². The first-order chi connectivity index (χ1) is 23.4. The SMILES string of the molecule is CC(C)(C)c1ccc2c(S(=O)(=O)O)c(C(C)(C)C)ccc2c1S(=O)(=O)O.CCC(=O)OC(Cc1ccccc1)(c1ccccc1)C(C)CN(C)C. The van der Waals surface area contributed by atoms with Gasteiger partial charge in [-0.25, -0.2) is 0 Å². The number of hydrogen-bond acceptors (Lipinski definition) is 7. The molecule has 2 atom stereocenters. The van der Waals surface area contributed by atoms with E-state index >= 15 is 0 Å². The van der Waals surface area contributed by atoms with Gasteiger partial charge in [-0.1, -0.05) is 140 Å². The van der Waals surface area contributed by atoms with Gasteiger partial charge < -0.3 is 9.64 Å². The van der Waals surface area contributed by atoms with Gasteiger partial charge >= 0.3 is 5.97 Å². The highest BCUT2D eigenvalue weighted by molar-refractivity contribution is 7.86. The number of carbonyl (C=O) groups excluding carboxylic acids is 1. The summed E-state index contributed by atoms with van der Waals surface area (Å²) in [5.41, 5.74) is 1.03. The Morgan fingerprint density at radius 1 is 0.706 bits per heavy atom. The second kappa shape index (κ2) is 16.0. The summed E-state index contributed by atoms with van der Waals surface area (Å²) in [5.74, 6) is -0.0222. The van der Waals surface area contributed by atoms with Crippen LogP contribution in [0.1, 0.15) is 84.1 Å². The third-order valence-corrected chi connectivity index (χ3v) is 10.7. The summed E-state index contributed by atoms with van der Waals surface area (Å²) in [6.45, 7) is 15.6. The maximum absolute atomic E-state index is 12.3. The van der Waals surface area contributed by atoms with Crippen molar-refractivity contribution in [1.29, 1.82) is 0 Å². The molecule has 0 aromatic heterocycles. The minimum atomic E-state index is -4.63. The van der Waals surface area contributed by atoms with E-state index in [1.165, 1.54) is 29.8 Å². The van der Waals surface area contributed by atoms with Crippen LogP contribution in [-0.4, -0.2) is 57.5 Å². The first-order valence-corrected chi connectivity index (χ1v) is 19.8. The van der Waals surface area contributed by atoms with Crippen LogP contribution in [0.2, 0.25) is 0 Å². The molecule has 0 amide bonds. The Morgan fingerprint density at radius 2 is 1.12 bits per heavy atom. The summed E-state index contributed by atoms with van der Waals surface area (Å²) >= 11 is 0. The molecule has 11 heteroatoms. The highest BCUT2D eigenvalue weighted by Crippen LogP contribution is 2.41. The van der Waals surface area contributed by atoms with Crippen LogP contribution in [-0.2, 0) is 52.6 Å². The molecule has 0 heterocycles. The highest BCUT2D eigenvalue weighted by atomic mass is 32.2. The van der Waals surface area contributed by atoms with Gasteiger partial charge in [-0.15, -0.1) is 0 Å². The lowest BCUT2D eigenvalue weighted by molar-refractivity contribution is -0.168. The molecule has 278 valence electrons. The number of hydrogen-bond donors (Lipinski definition) is 2. The van der Waals surface area contributed by atoms with Crippen molar-refractivity contribution in [2.45, 2.75) is 94.5 Å². The molecule has 0 fully saturated rings. The van der Waals surface area contributed by atoms with Gasteiger partial charge in [0.2, 0.25) is 0 Å². The number of esters is 1. The molecule has 4 aromatic rings. The largest absolute Gasteiger partial charge is 0.453 e. The number of carbonyl (C=O) groups is 1. The minimum Gasteiger partial charge on any atom is -0.453 e. The van der Waals surface area contributed by atoms with Crippen LogP contribution in [0.25, 0.3) is 10.8 Å². The summed E-state index contributed by atoms with van der Waals surface area (Å²) < 4.78 is 74.2. The molecule has 9 nitrogen and oxygen atoms in total. The summed E-state index contributed by atoms with van der Waals surface area (Å²) in [5, 5.41) is 0.112. The zero-order chi connectivity index (χ0) is 38.6. The van der Waals surface area contributed by atoms with Crippen molar-refractivity contribution in [3.63, 3.8) is 0 Å². The third kappa shape index (κ3) is 10.3. The summed E-state index contributed by atoms with van der Waals surface area (Å²) in [6.07, 6.45) is 1.04. The van der Waals surface area contributed by atoms with Crippen LogP contribution < -0.4 is 0 Å². The van der Waals surface area contributed by atoms with Crippen molar-refractivity contribution >= 4 is 37.0 Å². The number of rotatable bonds is 10. The van der Waals surface area contributed by atoms with E-state index in [0.29, 0.717) is 24.0 Å². The third-order valence-electron chi connectivity index (χ3n) is 8.83. The quantitative estimate of drug-likeness (QED) is 0.122. The molecular formula is C40H53NO8S2. The van der Waals surface area contributed by atoms with Crippen LogP contribution in [0.15, 0.2) is 94.7 Å². The van der Waals surface area contributed by atoms with Gasteiger partial charge in [0.25, 0.3) is 20.2 Å². The molecule has 0 aliphatic heterocycles. The van der Waals surface area contributed by atoms with E-state index in [1.807, 2.05) is 43.3 Å². The molecule has 0 aliphatic rings. The molecule has 2 unspecified atom stereocenters. The van der Waals surface area contributed by atoms with Gasteiger partial charge in [0, 0.05) is 36.1 Å². The Kier molecular flexibility index (Phi) is 13.1. The Labute approximate surface area is 304 Å². The lowest BCUT2D eigenvalue weighted by Crippen LogP contribution is -2.44.